The summed E-state index contributed by atoms with van der Waals surface area (Å²) in [7, 11) is 0. The third kappa shape index (κ3) is 3.02. The van der Waals surface area contributed by atoms with Crippen LogP contribution in [0, 0.1) is 0 Å². The second kappa shape index (κ2) is 7.15. The fraction of sp³-hybridized carbons (Fsp3) is 0.350. The summed E-state index contributed by atoms with van der Waals surface area (Å²) >= 11 is 1.31. The van der Waals surface area contributed by atoms with E-state index in [2.05, 4.69) is 0 Å². The summed E-state index contributed by atoms with van der Waals surface area (Å²) in [4.78, 5) is 40.3. The molecule has 0 bridgehead atoms. The first-order valence-corrected chi connectivity index (χ1v) is 10.1. The first-order valence-electron chi connectivity index (χ1n) is 9.21. The van der Waals surface area contributed by atoms with Gasteiger partial charge in [0.25, 0.3) is 5.56 Å². The van der Waals surface area contributed by atoms with E-state index in [0.29, 0.717) is 23.3 Å². The van der Waals surface area contributed by atoms with Crippen molar-refractivity contribution in [2.24, 2.45) is 0 Å². The Morgan fingerprint density at radius 3 is 2.78 bits per heavy atom. The summed E-state index contributed by atoms with van der Waals surface area (Å²) in [5.74, 6) is -0.129. The Kier molecular flexibility index (Phi) is 4.70. The highest BCUT2D eigenvalue weighted by Crippen LogP contribution is 2.27. The van der Waals surface area contributed by atoms with Crippen molar-refractivity contribution in [2.75, 3.05) is 11.4 Å². The average molecular weight is 383 g/mol. The number of carbonyl (C=O) groups is 1. The second-order valence-electron chi connectivity index (χ2n) is 6.74. The summed E-state index contributed by atoms with van der Waals surface area (Å²) < 4.78 is 3.25. The predicted octanol–water partition coefficient (Wildman–Crippen LogP) is 2.61. The molecule has 27 heavy (non-hydrogen) atoms. The SMILES string of the molecule is CCCCn1c(=O)c2sccc2n(CC(=O)N2CCc3ccccc32)c1=O. The van der Waals surface area contributed by atoms with Crippen LogP contribution in [-0.4, -0.2) is 21.6 Å². The third-order valence-corrected chi connectivity index (χ3v) is 5.94. The zero-order chi connectivity index (χ0) is 19.0. The number of fused-ring (bicyclic) bond motifs is 2. The lowest BCUT2D eigenvalue weighted by Gasteiger charge is -2.19. The van der Waals surface area contributed by atoms with E-state index in [1.807, 2.05) is 31.2 Å². The first kappa shape index (κ1) is 17.7. The van der Waals surface area contributed by atoms with E-state index < -0.39 is 5.69 Å². The zero-order valence-electron chi connectivity index (χ0n) is 15.2. The van der Waals surface area contributed by atoms with Crippen molar-refractivity contribution >= 4 is 33.1 Å². The van der Waals surface area contributed by atoms with Crippen molar-refractivity contribution in [3.63, 3.8) is 0 Å². The number of benzene rings is 1. The summed E-state index contributed by atoms with van der Waals surface area (Å²) in [6, 6.07) is 9.59. The van der Waals surface area contributed by atoms with Gasteiger partial charge in [0.15, 0.2) is 0 Å². The van der Waals surface area contributed by atoms with E-state index in [1.54, 1.807) is 16.3 Å². The van der Waals surface area contributed by atoms with Crippen LogP contribution in [0.15, 0.2) is 45.3 Å². The van der Waals surface area contributed by atoms with Gasteiger partial charge in [0.2, 0.25) is 5.91 Å². The second-order valence-corrected chi connectivity index (χ2v) is 7.65. The van der Waals surface area contributed by atoms with Gasteiger partial charge in [-0.1, -0.05) is 31.5 Å². The number of aromatic nitrogens is 2. The molecule has 0 N–H and O–H groups in total. The van der Waals surface area contributed by atoms with Crippen LogP contribution >= 0.6 is 11.3 Å². The van der Waals surface area contributed by atoms with E-state index in [0.717, 1.165) is 30.5 Å². The Morgan fingerprint density at radius 1 is 1.15 bits per heavy atom. The van der Waals surface area contributed by atoms with Gasteiger partial charge in [-0.3, -0.25) is 18.7 Å². The van der Waals surface area contributed by atoms with E-state index >= 15 is 0 Å². The highest BCUT2D eigenvalue weighted by atomic mass is 32.1. The maximum absolute atomic E-state index is 13.0. The molecule has 0 unspecified atom stereocenters. The van der Waals surface area contributed by atoms with Gasteiger partial charge >= 0.3 is 5.69 Å². The minimum Gasteiger partial charge on any atom is -0.310 e. The van der Waals surface area contributed by atoms with Gasteiger partial charge in [-0.25, -0.2) is 4.79 Å². The number of carbonyl (C=O) groups excluding carboxylic acids is 1. The maximum Gasteiger partial charge on any atom is 0.332 e. The summed E-state index contributed by atoms with van der Waals surface area (Å²) in [6.45, 7) is 2.95. The van der Waals surface area contributed by atoms with Crippen LogP contribution in [0.25, 0.3) is 10.2 Å². The van der Waals surface area contributed by atoms with Crippen LogP contribution in [0.2, 0.25) is 0 Å². The normalized spacial score (nSPS) is 13.3. The summed E-state index contributed by atoms with van der Waals surface area (Å²) in [5, 5.41) is 1.79. The highest BCUT2D eigenvalue weighted by molar-refractivity contribution is 7.17. The van der Waals surface area contributed by atoms with Gasteiger partial charge in [0.1, 0.15) is 11.2 Å². The van der Waals surface area contributed by atoms with Gasteiger partial charge in [0, 0.05) is 18.8 Å². The van der Waals surface area contributed by atoms with Gasteiger partial charge in [-0.05, 0) is 35.9 Å². The molecule has 1 aliphatic heterocycles. The number of unbranched alkanes of at least 4 members (excludes halogenated alkanes) is 1. The molecule has 3 heterocycles. The molecular weight excluding hydrogens is 362 g/mol. The molecule has 6 nitrogen and oxygen atoms in total. The minimum absolute atomic E-state index is 0.0627. The van der Waals surface area contributed by atoms with Crippen LogP contribution in [0.3, 0.4) is 0 Å². The number of hydrogen-bond donors (Lipinski definition) is 0. The van der Waals surface area contributed by atoms with Crippen LogP contribution in [-0.2, 0) is 24.3 Å². The predicted molar refractivity (Wildman–Crippen MR) is 108 cm³/mol. The molecule has 4 rings (SSSR count). The molecule has 3 aromatic rings. The van der Waals surface area contributed by atoms with Crippen LogP contribution in [0.5, 0.6) is 0 Å². The Balaban J connectivity index is 1.74. The van der Waals surface area contributed by atoms with Gasteiger partial charge in [-0.2, -0.15) is 0 Å². The third-order valence-electron chi connectivity index (χ3n) is 5.05. The average Bonchev–Trinajstić information content (AvgIpc) is 3.32. The topological polar surface area (TPSA) is 64.3 Å². The number of para-hydroxylation sites is 1. The lowest BCUT2D eigenvalue weighted by molar-refractivity contribution is -0.119. The van der Waals surface area contributed by atoms with Crippen LogP contribution in [0.4, 0.5) is 5.69 Å². The zero-order valence-corrected chi connectivity index (χ0v) is 16.0. The Bertz CT molecular complexity index is 1130. The monoisotopic (exact) mass is 383 g/mol. The maximum atomic E-state index is 13.0. The molecule has 0 saturated carbocycles. The number of thiophene rings is 1. The van der Waals surface area contributed by atoms with Crippen molar-refractivity contribution in [1.82, 2.24) is 9.13 Å². The Hall–Kier alpha value is -2.67. The molecule has 0 aliphatic carbocycles. The first-order chi connectivity index (χ1) is 13.1. The molecule has 0 spiro atoms. The minimum atomic E-state index is -0.403. The molecule has 1 aliphatic rings. The lowest BCUT2D eigenvalue weighted by Crippen LogP contribution is -2.43. The highest BCUT2D eigenvalue weighted by Gasteiger charge is 2.25. The largest absolute Gasteiger partial charge is 0.332 e. The van der Waals surface area contributed by atoms with E-state index in [1.165, 1.54) is 20.5 Å². The van der Waals surface area contributed by atoms with Gasteiger partial charge < -0.3 is 4.90 Å². The van der Waals surface area contributed by atoms with Gasteiger partial charge in [0.05, 0.1) is 5.52 Å². The molecule has 2 aromatic heterocycles. The van der Waals surface area contributed by atoms with Crippen molar-refractivity contribution in [1.29, 1.82) is 0 Å². The molecule has 1 aromatic carbocycles. The standard InChI is InChI=1S/C20H21N3O3S/c1-2-3-10-22-19(25)18-16(9-12-27-18)23(20(22)26)13-17(24)21-11-8-14-6-4-5-7-15(14)21/h4-7,9,12H,2-3,8,10-11,13H2,1H3. The van der Waals surface area contributed by atoms with Crippen molar-refractivity contribution in [2.45, 2.75) is 39.3 Å². The van der Waals surface area contributed by atoms with E-state index in [4.69, 9.17) is 0 Å². The fourth-order valence-corrected chi connectivity index (χ4v) is 4.46. The van der Waals surface area contributed by atoms with Crippen molar-refractivity contribution in [3.8, 4) is 0 Å². The molecule has 1 amide bonds. The fourth-order valence-electron chi connectivity index (χ4n) is 3.62. The summed E-state index contributed by atoms with van der Waals surface area (Å²) in [6.07, 6.45) is 2.46. The molecule has 0 atom stereocenters. The molecule has 140 valence electrons. The number of anilines is 1. The molecule has 0 saturated heterocycles. The quantitative estimate of drug-likeness (QED) is 0.680. The molecule has 7 heteroatoms. The number of hydrogen-bond acceptors (Lipinski definition) is 4. The number of amides is 1. The van der Waals surface area contributed by atoms with E-state index in [-0.39, 0.29) is 18.0 Å². The molecule has 0 radical (unpaired) electrons. The Morgan fingerprint density at radius 2 is 1.96 bits per heavy atom. The lowest BCUT2D eigenvalue weighted by atomic mass is 10.2. The summed E-state index contributed by atoms with van der Waals surface area (Å²) in [5.41, 5.74) is 1.95. The Labute approximate surface area is 160 Å². The van der Waals surface area contributed by atoms with Crippen molar-refractivity contribution in [3.05, 3.63) is 62.1 Å². The smallest absolute Gasteiger partial charge is 0.310 e. The van der Waals surface area contributed by atoms with E-state index in [9.17, 15) is 14.4 Å². The van der Waals surface area contributed by atoms with Crippen LogP contribution < -0.4 is 16.1 Å². The van der Waals surface area contributed by atoms with Crippen molar-refractivity contribution < 1.29 is 4.79 Å². The van der Waals surface area contributed by atoms with Crippen LogP contribution in [0.1, 0.15) is 25.3 Å². The number of nitrogens with zero attached hydrogens (tertiary/aromatic N) is 3. The number of rotatable bonds is 5. The molecule has 0 fully saturated rings. The van der Waals surface area contributed by atoms with Gasteiger partial charge in [-0.15, -0.1) is 11.3 Å². The molecular formula is C20H21N3O3S.